The third-order valence-electron chi connectivity index (χ3n) is 2.25. The van der Waals surface area contributed by atoms with Crippen LogP contribution in [0.2, 0.25) is 0 Å². The molecule has 0 N–H and O–H groups in total. The highest BCUT2D eigenvalue weighted by Gasteiger charge is 1.94. The maximum Gasteiger partial charge on any atom is 0.119 e. The molecule has 0 aliphatic rings. The summed E-state index contributed by atoms with van der Waals surface area (Å²) in [5, 5.41) is 0. The molecule has 0 bridgehead atoms. The van der Waals surface area contributed by atoms with Crippen LogP contribution >= 0.6 is 0 Å². The summed E-state index contributed by atoms with van der Waals surface area (Å²) in [6, 6.07) is 8.31. The van der Waals surface area contributed by atoms with Crippen molar-refractivity contribution in [1.82, 2.24) is 0 Å². The Labute approximate surface area is 92.8 Å². The van der Waals surface area contributed by atoms with Crippen LogP contribution in [-0.4, -0.2) is 6.61 Å². The molecule has 0 spiro atoms. The molecule has 0 radical (unpaired) electrons. The standard InChI is InChI=1S/C14H20O/c1-4-13-8-5-9-14(11-13)15-10-6-7-12(2)3/h5,7-9,11H,4,6,10H2,1-3H3. The van der Waals surface area contributed by atoms with Gasteiger partial charge in [-0.25, -0.2) is 0 Å². The Kier molecular flexibility index (Phi) is 4.96. The van der Waals surface area contributed by atoms with Crippen LogP contribution in [0.1, 0.15) is 32.8 Å². The van der Waals surface area contributed by atoms with Crippen molar-refractivity contribution in [1.29, 1.82) is 0 Å². The van der Waals surface area contributed by atoms with Gasteiger partial charge in [0.25, 0.3) is 0 Å². The molecule has 0 atom stereocenters. The lowest BCUT2D eigenvalue weighted by molar-refractivity contribution is 0.324. The molecule has 1 rings (SSSR count). The molecule has 1 aromatic rings. The molecule has 0 amide bonds. The van der Waals surface area contributed by atoms with E-state index in [-0.39, 0.29) is 0 Å². The molecule has 0 fully saturated rings. The Balaban J connectivity index is 2.40. The van der Waals surface area contributed by atoms with E-state index in [4.69, 9.17) is 4.74 Å². The molecule has 82 valence electrons. The Morgan fingerprint density at radius 1 is 1.33 bits per heavy atom. The number of hydrogen-bond donors (Lipinski definition) is 0. The highest BCUT2D eigenvalue weighted by molar-refractivity contribution is 5.28. The fourth-order valence-electron chi connectivity index (χ4n) is 1.38. The molecular formula is C14H20O. The quantitative estimate of drug-likeness (QED) is 0.520. The van der Waals surface area contributed by atoms with Crippen LogP contribution in [0.25, 0.3) is 0 Å². The van der Waals surface area contributed by atoms with E-state index in [1.165, 1.54) is 11.1 Å². The fraction of sp³-hybridized carbons (Fsp3) is 0.429. The van der Waals surface area contributed by atoms with Gasteiger partial charge in [-0.05, 0) is 44.4 Å². The van der Waals surface area contributed by atoms with Crippen molar-refractivity contribution >= 4 is 0 Å². The van der Waals surface area contributed by atoms with Gasteiger partial charge >= 0.3 is 0 Å². The Morgan fingerprint density at radius 3 is 2.80 bits per heavy atom. The number of rotatable bonds is 5. The lowest BCUT2D eigenvalue weighted by Crippen LogP contribution is -1.96. The maximum absolute atomic E-state index is 5.65. The number of aryl methyl sites for hydroxylation is 1. The van der Waals surface area contributed by atoms with Crippen LogP contribution in [0.15, 0.2) is 35.9 Å². The van der Waals surface area contributed by atoms with E-state index < -0.39 is 0 Å². The van der Waals surface area contributed by atoms with Gasteiger partial charge in [-0.2, -0.15) is 0 Å². The summed E-state index contributed by atoms with van der Waals surface area (Å²) >= 11 is 0. The van der Waals surface area contributed by atoms with E-state index in [0.717, 1.165) is 25.2 Å². The Hall–Kier alpha value is -1.24. The summed E-state index contributed by atoms with van der Waals surface area (Å²) in [5.41, 5.74) is 2.68. The minimum Gasteiger partial charge on any atom is -0.493 e. The van der Waals surface area contributed by atoms with Crippen molar-refractivity contribution in [2.24, 2.45) is 0 Å². The maximum atomic E-state index is 5.65. The van der Waals surface area contributed by atoms with Crippen LogP contribution in [0.5, 0.6) is 5.75 Å². The van der Waals surface area contributed by atoms with E-state index >= 15 is 0 Å². The highest BCUT2D eigenvalue weighted by Crippen LogP contribution is 2.13. The molecule has 0 unspecified atom stereocenters. The minimum atomic E-state index is 0.762. The van der Waals surface area contributed by atoms with Crippen molar-refractivity contribution < 1.29 is 4.74 Å². The van der Waals surface area contributed by atoms with E-state index in [1.54, 1.807) is 0 Å². The first-order valence-corrected chi connectivity index (χ1v) is 5.57. The molecule has 0 saturated heterocycles. The van der Waals surface area contributed by atoms with Crippen molar-refractivity contribution in [3.63, 3.8) is 0 Å². The van der Waals surface area contributed by atoms with Crippen molar-refractivity contribution in [3.8, 4) is 5.75 Å². The van der Waals surface area contributed by atoms with Gasteiger partial charge in [-0.15, -0.1) is 0 Å². The summed E-state index contributed by atoms with van der Waals surface area (Å²) in [6.07, 6.45) is 4.24. The summed E-state index contributed by atoms with van der Waals surface area (Å²) < 4.78 is 5.65. The highest BCUT2D eigenvalue weighted by atomic mass is 16.5. The van der Waals surface area contributed by atoms with Gasteiger partial charge in [-0.3, -0.25) is 0 Å². The van der Waals surface area contributed by atoms with Crippen LogP contribution in [-0.2, 0) is 6.42 Å². The molecule has 0 saturated carbocycles. The molecule has 1 heteroatoms. The van der Waals surface area contributed by atoms with E-state index in [2.05, 4.69) is 45.0 Å². The summed E-state index contributed by atoms with van der Waals surface area (Å²) in [6.45, 7) is 7.13. The lowest BCUT2D eigenvalue weighted by Gasteiger charge is -2.05. The normalized spacial score (nSPS) is 9.80. The minimum absolute atomic E-state index is 0.762. The molecule has 0 aliphatic heterocycles. The van der Waals surface area contributed by atoms with Crippen LogP contribution in [0, 0.1) is 0 Å². The zero-order valence-electron chi connectivity index (χ0n) is 9.92. The van der Waals surface area contributed by atoms with Crippen LogP contribution in [0.4, 0.5) is 0 Å². The molecule has 1 nitrogen and oxygen atoms in total. The molecule has 0 aliphatic carbocycles. The monoisotopic (exact) mass is 204 g/mol. The van der Waals surface area contributed by atoms with Gasteiger partial charge in [0.1, 0.15) is 5.75 Å². The number of benzene rings is 1. The number of allylic oxidation sites excluding steroid dienone is 1. The fourth-order valence-corrected chi connectivity index (χ4v) is 1.38. The van der Waals surface area contributed by atoms with E-state index in [0.29, 0.717) is 0 Å². The van der Waals surface area contributed by atoms with Gasteiger partial charge < -0.3 is 4.74 Å². The topological polar surface area (TPSA) is 9.23 Å². The summed E-state index contributed by atoms with van der Waals surface area (Å²) in [5.74, 6) is 0.983. The first kappa shape index (κ1) is 11.8. The van der Waals surface area contributed by atoms with Gasteiger partial charge in [0.2, 0.25) is 0 Å². The second-order valence-electron chi connectivity index (χ2n) is 3.92. The predicted octanol–water partition coefficient (Wildman–Crippen LogP) is 3.98. The first-order valence-electron chi connectivity index (χ1n) is 5.57. The van der Waals surface area contributed by atoms with Crippen molar-refractivity contribution in [2.45, 2.75) is 33.6 Å². The Bertz CT molecular complexity index is 322. The zero-order valence-corrected chi connectivity index (χ0v) is 9.92. The Morgan fingerprint density at radius 2 is 2.13 bits per heavy atom. The third kappa shape index (κ3) is 4.68. The smallest absolute Gasteiger partial charge is 0.119 e. The van der Waals surface area contributed by atoms with E-state index in [9.17, 15) is 0 Å². The van der Waals surface area contributed by atoms with Gasteiger partial charge in [-0.1, -0.05) is 30.7 Å². The van der Waals surface area contributed by atoms with Crippen LogP contribution in [0.3, 0.4) is 0 Å². The third-order valence-corrected chi connectivity index (χ3v) is 2.25. The number of ether oxygens (including phenoxy) is 1. The first-order chi connectivity index (χ1) is 7.22. The van der Waals surface area contributed by atoms with Crippen molar-refractivity contribution in [2.75, 3.05) is 6.61 Å². The van der Waals surface area contributed by atoms with Gasteiger partial charge in [0.15, 0.2) is 0 Å². The molecule has 0 heterocycles. The van der Waals surface area contributed by atoms with Crippen LogP contribution < -0.4 is 4.74 Å². The molecule has 15 heavy (non-hydrogen) atoms. The average molecular weight is 204 g/mol. The lowest BCUT2D eigenvalue weighted by atomic mass is 10.2. The summed E-state index contributed by atoms with van der Waals surface area (Å²) in [7, 11) is 0. The largest absolute Gasteiger partial charge is 0.493 e. The van der Waals surface area contributed by atoms with E-state index in [1.807, 2.05) is 6.07 Å². The predicted molar refractivity (Wildman–Crippen MR) is 65.4 cm³/mol. The second-order valence-corrected chi connectivity index (χ2v) is 3.92. The molecule has 1 aromatic carbocycles. The number of hydrogen-bond acceptors (Lipinski definition) is 1. The van der Waals surface area contributed by atoms with Crippen molar-refractivity contribution in [3.05, 3.63) is 41.5 Å². The zero-order chi connectivity index (χ0) is 11.1. The second kappa shape index (κ2) is 6.28. The molecule has 0 aromatic heterocycles. The van der Waals surface area contributed by atoms with Gasteiger partial charge in [0.05, 0.1) is 6.61 Å². The molecular weight excluding hydrogens is 184 g/mol. The van der Waals surface area contributed by atoms with Gasteiger partial charge in [0, 0.05) is 0 Å². The summed E-state index contributed by atoms with van der Waals surface area (Å²) in [4.78, 5) is 0. The SMILES string of the molecule is CCc1cccc(OCCC=C(C)C)c1. The average Bonchev–Trinajstić information content (AvgIpc) is 2.24.